The zero-order valence-electron chi connectivity index (χ0n) is 14.6. The standard InChI is InChI=1S/C17H20Cl3N5OS/c1-25(23)14(15(19)22)12-7-13(27-16(12)20)17(26)24-11(8-21)6-9-2-4-10(18)5-3-9/h2-5,7,11H,6,8,21-23H2,1H3,(H,24,26)/p+1. The summed E-state index contributed by atoms with van der Waals surface area (Å²) in [7, 11) is 1.62. The number of nitrogens with one attached hydrogen (secondary N) is 1. The monoisotopic (exact) mass is 448 g/mol. The summed E-state index contributed by atoms with van der Waals surface area (Å²) in [6.07, 6.45) is 0.590. The van der Waals surface area contributed by atoms with Crippen molar-refractivity contribution in [3.05, 3.63) is 60.9 Å². The highest BCUT2D eigenvalue weighted by atomic mass is 35.5. The lowest BCUT2D eigenvalue weighted by atomic mass is 10.1. The molecule has 1 amide bonds. The maximum Gasteiger partial charge on any atom is 0.261 e. The van der Waals surface area contributed by atoms with Crippen LogP contribution in [0.2, 0.25) is 9.36 Å². The predicted molar refractivity (Wildman–Crippen MR) is 112 cm³/mol. The highest BCUT2D eigenvalue weighted by Crippen LogP contribution is 2.34. The molecule has 0 bridgehead atoms. The SMILES string of the molecule is CN(N)C(=C([NH3+])Cl)c1cc(C(=O)NC(CN)Cc2ccc(Cl)cc2)sc1Cl. The molecule has 0 saturated heterocycles. The van der Waals surface area contributed by atoms with Crippen LogP contribution in [0.1, 0.15) is 20.8 Å². The third kappa shape index (κ3) is 5.83. The summed E-state index contributed by atoms with van der Waals surface area (Å²) < 4.78 is 0.399. The molecular weight excluding hydrogens is 429 g/mol. The number of carbonyl (C=O) groups is 1. The van der Waals surface area contributed by atoms with E-state index in [1.54, 1.807) is 25.2 Å². The second-order valence-corrected chi connectivity index (χ2v) is 8.45. The lowest BCUT2D eigenvalue weighted by Gasteiger charge is -2.16. The predicted octanol–water partition coefficient (Wildman–Crippen LogP) is 2.27. The van der Waals surface area contributed by atoms with Crippen molar-refractivity contribution in [3.63, 3.8) is 0 Å². The van der Waals surface area contributed by atoms with E-state index in [0.717, 1.165) is 16.9 Å². The van der Waals surface area contributed by atoms with Gasteiger partial charge >= 0.3 is 0 Å². The third-order valence-electron chi connectivity index (χ3n) is 3.79. The fourth-order valence-electron chi connectivity index (χ4n) is 2.52. The number of nitrogens with zero attached hydrogens (tertiary/aromatic N) is 1. The molecule has 8 N–H and O–H groups in total. The highest BCUT2D eigenvalue weighted by Gasteiger charge is 2.22. The Labute approximate surface area is 176 Å². The number of hydrogen-bond donors (Lipinski definition) is 4. The van der Waals surface area contributed by atoms with Crippen molar-refractivity contribution in [2.75, 3.05) is 13.6 Å². The van der Waals surface area contributed by atoms with Crippen LogP contribution in [-0.4, -0.2) is 30.6 Å². The molecule has 2 rings (SSSR count). The van der Waals surface area contributed by atoms with E-state index in [2.05, 4.69) is 11.1 Å². The van der Waals surface area contributed by atoms with Crippen molar-refractivity contribution in [3.8, 4) is 0 Å². The number of carbonyl (C=O) groups excluding carboxylic acids is 1. The zero-order valence-corrected chi connectivity index (χ0v) is 17.7. The molecule has 0 aliphatic carbocycles. The van der Waals surface area contributed by atoms with Gasteiger partial charge in [-0.2, -0.15) is 0 Å². The zero-order chi connectivity index (χ0) is 20.1. The molecule has 0 aliphatic heterocycles. The molecule has 0 spiro atoms. The molecule has 1 aromatic carbocycles. The Morgan fingerprint density at radius 3 is 2.48 bits per heavy atom. The van der Waals surface area contributed by atoms with Crippen LogP contribution in [0.5, 0.6) is 0 Å². The number of halogens is 3. The van der Waals surface area contributed by atoms with Crippen LogP contribution in [0.15, 0.2) is 35.5 Å². The normalized spacial score (nSPS) is 13.1. The number of hydrogen-bond acceptors (Lipinski definition) is 5. The lowest BCUT2D eigenvalue weighted by Crippen LogP contribution is -2.47. The van der Waals surface area contributed by atoms with Crippen molar-refractivity contribution in [1.82, 2.24) is 10.3 Å². The lowest BCUT2D eigenvalue weighted by molar-refractivity contribution is -0.286. The van der Waals surface area contributed by atoms with Crippen molar-refractivity contribution >= 4 is 57.7 Å². The first-order valence-corrected chi connectivity index (χ1v) is 9.93. The molecule has 6 nitrogen and oxygen atoms in total. The molecule has 0 radical (unpaired) electrons. The van der Waals surface area contributed by atoms with Crippen molar-refractivity contribution in [1.29, 1.82) is 0 Å². The average Bonchev–Trinajstić information content (AvgIpc) is 2.97. The minimum absolute atomic E-state index is 0.230. The van der Waals surface area contributed by atoms with Gasteiger partial charge in [0.05, 0.1) is 4.88 Å². The summed E-state index contributed by atoms with van der Waals surface area (Å²) >= 11 is 19.3. The number of nitrogens with two attached hydrogens (primary N) is 2. The number of quaternary nitrogens is 1. The Morgan fingerprint density at radius 2 is 1.96 bits per heavy atom. The molecule has 1 unspecified atom stereocenters. The minimum Gasteiger partial charge on any atom is -0.347 e. The van der Waals surface area contributed by atoms with Crippen LogP contribution in [0.25, 0.3) is 5.70 Å². The van der Waals surface area contributed by atoms with Crippen molar-refractivity contribution in [2.24, 2.45) is 11.6 Å². The first-order valence-electron chi connectivity index (χ1n) is 7.98. The van der Waals surface area contributed by atoms with Gasteiger partial charge in [-0.05, 0) is 41.8 Å². The number of benzene rings is 1. The van der Waals surface area contributed by atoms with Crippen LogP contribution < -0.4 is 22.6 Å². The average molecular weight is 450 g/mol. The summed E-state index contributed by atoms with van der Waals surface area (Å²) in [6, 6.07) is 8.83. The summed E-state index contributed by atoms with van der Waals surface area (Å²) in [4.78, 5) is 13.1. The van der Waals surface area contributed by atoms with Gasteiger partial charge in [-0.25, -0.2) is 5.84 Å². The molecule has 1 atom stereocenters. The number of thiophene rings is 1. The van der Waals surface area contributed by atoms with E-state index in [-0.39, 0.29) is 17.1 Å². The van der Waals surface area contributed by atoms with E-state index in [9.17, 15) is 4.79 Å². The Bertz CT molecular complexity index is 832. The van der Waals surface area contributed by atoms with Gasteiger partial charge in [-0.15, -0.1) is 11.3 Å². The fraction of sp³-hybridized carbons (Fsp3) is 0.235. The molecule has 146 valence electrons. The third-order valence-corrected chi connectivity index (χ3v) is 5.58. The van der Waals surface area contributed by atoms with Crippen molar-refractivity contribution in [2.45, 2.75) is 12.5 Å². The Hall–Kier alpha value is -1.32. The van der Waals surface area contributed by atoms with Gasteiger partial charge in [0.25, 0.3) is 5.91 Å². The van der Waals surface area contributed by atoms with Gasteiger partial charge < -0.3 is 21.8 Å². The van der Waals surface area contributed by atoms with Gasteiger partial charge in [-0.3, -0.25) is 4.79 Å². The Kier molecular flexibility index (Phi) is 7.93. The highest BCUT2D eigenvalue weighted by molar-refractivity contribution is 7.18. The molecule has 27 heavy (non-hydrogen) atoms. The molecule has 1 heterocycles. The summed E-state index contributed by atoms with van der Waals surface area (Å²) in [6.45, 7) is 0.293. The Balaban J connectivity index is 2.16. The molecule has 0 aliphatic rings. The van der Waals surface area contributed by atoms with Crippen LogP contribution in [-0.2, 0) is 6.42 Å². The van der Waals surface area contributed by atoms with E-state index in [0.29, 0.717) is 38.5 Å². The topological polar surface area (TPSA) is 112 Å². The molecule has 1 aromatic heterocycles. The first kappa shape index (κ1) is 22.0. The molecule has 2 aromatic rings. The van der Waals surface area contributed by atoms with E-state index in [4.69, 9.17) is 46.4 Å². The summed E-state index contributed by atoms with van der Waals surface area (Å²) in [5, 5.41) is 5.13. The molecule has 10 heteroatoms. The maximum atomic E-state index is 12.6. The van der Waals surface area contributed by atoms with Crippen LogP contribution >= 0.6 is 46.1 Å². The molecule has 0 fully saturated rings. The quantitative estimate of drug-likeness (QED) is 0.295. The summed E-state index contributed by atoms with van der Waals surface area (Å²) in [5.41, 5.74) is 11.5. The second kappa shape index (κ2) is 9.75. The van der Waals surface area contributed by atoms with Crippen LogP contribution in [0, 0.1) is 0 Å². The van der Waals surface area contributed by atoms with Crippen molar-refractivity contribution < 1.29 is 10.5 Å². The van der Waals surface area contributed by atoms with Crippen LogP contribution in [0.4, 0.5) is 0 Å². The number of hydrazine groups is 1. The first-order chi connectivity index (χ1) is 12.7. The van der Waals surface area contributed by atoms with Gasteiger partial charge in [0, 0.05) is 30.2 Å². The smallest absolute Gasteiger partial charge is 0.261 e. The Morgan fingerprint density at radius 1 is 1.33 bits per heavy atom. The van der Waals surface area contributed by atoms with Gasteiger partial charge in [-0.1, -0.05) is 35.3 Å². The number of rotatable bonds is 7. The van der Waals surface area contributed by atoms with Gasteiger partial charge in [0.2, 0.25) is 5.16 Å². The summed E-state index contributed by atoms with van der Waals surface area (Å²) in [5.74, 6) is 5.53. The van der Waals surface area contributed by atoms with E-state index >= 15 is 0 Å². The molecular formula is C17H21Cl3N5OS+. The van der Waals surface area contributed by atoms with E-state index in [1.807, 2.05) is 12.1 Å². The fourth-order valence-corrected chi connectivity index (χ4v) is 4.07. The second-order valence-electron chi connectivity index (χ2n) is 5.90. The minimum atomic E-state index is -0.267. The van der Waals surface area contributed by atoms with Gasteiger partial charge in [0.1, 0.15) is 10.0 Å². The molecule has 0 saturated carbocycles. The maximum absolute atomic E-state index is 12.6. The largest absolute Gasteiger partial charge is 0.347 e. The van der Waals surface area contributed by atoms with Crippen LogP contribution in [0.3, 0.4) is 0 Å². The van der Waals surface area contributed by atoms with E-state index < -0.39 is 0 Å². The van der Waals surface area contributed by atoms with E-state index in [1.165, 1.54) is 5.01 Å². The van der Waals surface area contributed by atoms with Gasteiger partial charge in [0.15, 0.2) is 0 Å². The number of amides is 1.